The molecule has 0 N–H and O–H groups in total. The lowest BCUT2D eigenvalue weighted by Crippen LogP contribution is -2.49. The van der Waals surface area contributed by atoms with Crippen molar-refractivity contribution in [2.75, 3.05) is 0 Å². The van der Waals surface area contributed by atoms with E-state index in [-0.39, 0.29) is 12.1 Å². The van der Waals surface area contributed by atoms with Crippen LogP contribution in [0.1, 0.15) is 78.6 Å². The number of esters is 1. The van der Waals surface area contributed by atoms with Crippen LogP contribution in [-0.2, 0) is 9.53 Å². The molecule has 4 rings (SSSR count). The van der Waals surface area contributed by atoms with Crippen molar-refractivity contribution in [1.82, 2.24) is 0 Å². The Labute approximate surface area is 141 Å². The minimum atomic E-state index is -0.118. The first-order valence-corrected chi connectivity index (χ1v) is 9.79. The van der Waals surface area contributed by atoms with Gasteiger partial charge >= 0.3 is 5.97 Å². The van der Waals surface area contributed by atoms with Crippen LogP contribution < -0.4 is 0 Å². The van der Waals surface area contributed by atoms with Gasteiger partial charge in [-0.25, -0.2) is 0 Å². The third-order valence-corrected chi connectivity index (χ3v) is 8.17. The van der Waals surface area contributed by atoms with Gasteiger partial charge in [0.15, 0.2) is 0 Å². The molecule has 3 fully saturated rings. The summed E-state index contributed by atoms with van der Waals surface area (Å²) in [7, 11) is 0. The minimum absolute atomic E-state index is 0.118. The van der Waals surface area contributed by atoms with Crippen LogP contribution in [0.25, 0.3) is 0 Å². The summed E-state index contributed by atoms with van der Waals surface area (Å²) in [6.07, 6.45) is 14.5. The summed E-state index contributed by atoms with van der Waals surface area (Å²) in [5.74, 6) is 2.63. The average Bonchev–Trinajstić information content (AvgIpc) is 2.89. The Kier molecular flexibility index (Phi) is 3.66. The molecule has 0 bridgehead atoms. The lowest BCUT2D eigenvalue weighted by atomic mass is 9.48. The fourth-order valence-electron chi connectivity index (χ4n) is 6.96. The van der Waals surface area contributed by atoms with E-state index in [0.29, 0.717) is 10.8 Å². The summed E-state index contributed by atoms with van der Waals surface area (Å²) in [5, 5.41) is 0. The molecule has 23 heavy (non-hydrogen) atoms. The predicted octanol–water partition coefficient (Wildman–Crippen LogP) is 5.27. The summed E-state index contributed by atoms with van der Waals surface area (Å²) < 4.78 is 5.53. The van der Waals surface area contributed by atoms with Crippen LogP contribution in [0.15, 0.2) is 11.6 Å². The molecule has 0 aromatic rings. The topological polar surface area (TPSA) is 26.3 Å². The second-order valence-electron chi connectivity index (χ2n) is 9.32. The highest BCUT2D eigenvalue weighted by Gasteiger charge is 2.55. The van der Waals surface area contributed by atoms with Crippen molar-refractivity contribution in [2.24, 2.45) is 28.6 Å². The molecule has 0 radical (unpaired) electrons. The van der Waals surface area contributed by atoms with Gasteiger partial charge in [-0.3, -0.25) is 4.79 Å². The fourth-order valence-corrected chi connectivity index (χ4v) is 6.96. The lowest BCUT2D eigenvalue weighted by Gasteiger charge is -2.57. The number of allylic oxidation sites excluding steroid dienone is 1. The van der Waals surface area contributed by atoms with Crippen molar-refractivity contribution in [3.05, 3.63) is 11.6 Å². The molecule has 0 aromatic heterocycles. The molecular weight excluding hydrogens is 284 g/mol. The summed E-state index contributed by atoms with van der Waals surface area (Å²) in [6, 6.07) is 0. The van der Waals surface area contributed by atoms with E-state index in [0.717, 1.165) is 30.6 Å². The smallest absolute Gasteiger partial charge is 0.302 e. The van der Waals surface area contributed by atoms with Crippen molar-refractivity contribution in [3.63, 3.8) is 0 Å². The highest BCUT2D eigenvalue weighted by molar-refractivity contribution is 5.66. The molecule has 6 unspecified atom stereocenters. The van der Waals surface area contributed by atoms with Gasteiger partial charge in [-0.2, -0.15) is 0 Å². The summed E-state index contributed by atoms with van der Waals surface area (Å²) in [4.78, 5) is 11.3. The maximum atomic E-state index is 11.3. The normalized spacial score (nSPS) is 48.7. The van der Waals surface area contributed by atoms with Crippen LogP contribution in [0.2, 0.25) is 0 Å². The zero-order chi connectivity index (χ0) is 16.2. The lowest BCUT2D eigenvalue weighted by molar-refractivity contribution is -0.148. The second kappa shape index (κ2) is 5.36. The molecule has 0 heterocycles. The van der Waals surface area contributed by atoms with Gasteiger partial charge in [0.2, 0.25) is 0 Å². The highest BCUT2D eigenvalue weighted by atomic mass is 16.5. The van der Waals surface area contributed by atoms with Gasteiger partial charge in [0.05, 0.1) is 0 Å². The third kappa shape index (κ3) is 2.39. The summed E-state index contributed by atoms with van der Waals surface area (Å²) in [5.41, 5.74) is 2.62. The van der Waals surface area contributed by atoms with Gasteiger partial charge in [-0.05, 0) is 73.5 Å². The molecule has 2 heteroatoms. The van der Waals surface area contributed by atoms with Crippen LogP contribution in [0.4, 0.5) is 0 Å². The van der Waals surface area contributed by atoms with E-state index < -0.39 is 0 Å². The Morgan fingerprint density at radius 1 is 1.13 bits per heavy atom. The van der Waals surface area contributed by atoms with Gasteiger partial charge in [0.1, 0.15) is 6.10 Å². The van der Waals surface area contributed by atoms with E-state index in [9.17, 15) is 4.79 Å². The number of hydrogen-bond donors (Lipinski definition) is 0. The first kappa shape index (κ1) is 15.7. The SMILES string of the molecule is CC(=O)OC1CCC2(C)C(=CCC3C4CCCC4(C)CCC32)C1. The van der Waals surface area contributed by atoms with Crippen LogP contribution in [0.3, 0.4) is 0 Å². The van der Waals surface area contributed by atoms with Crippen LogP contribution in [0, 0.1) is 28.6 Å². The van der Waals surface area contributed by atoms with Crippen molar-refractivity contribution in [1.29, 1.82) is 0 Å². The summed E-state index contributed by atoms with van der Waals surface area (Å²) >= 11 is 0. The van der Waals surface area contributed by atoms with Crippen molar-refractivity contribution >= 4 is 5.97 Å². The van der Waals surface area contributed by atoms with Crippen molar-refractivity contribution in [2.45, 2.75) is 84.7 Å². The van der Waals surface area contributed by atoms with Gasteiger partial charge in [0, 0.05) is 13.3 Å². The minimum Gasteiger partial charge on any atom is -0.462 e. The van der Waals surface area contributed by atoms with Gasteiger partial charge in [-0.15, -0.1) is 0 Å². The quantitative estimate of drug-likeness (QED) is 0.486. The third-order valence-electron chi connectivity index (χ3n) is 8.17. The predicted molar refractivity (Wildman–Crippen MR) is 91.9 cm³/mol. The molecule has 0 spiro atoms. The molecule has 2 nitrogen and oxygen atoms in total. The molecule has 0 amide bonds. The van der Waals surface area contributed by atoms with Crippen LogP contribution in [0.5, 0.6) is 0 Å². The Balaban J connectivity index is 1.58. The van der Waals surface area contributed by atoms with E-state index >= 15 is 0 Å². The average molecular weight is 316 g/mol. The maximum absolute atomic E-state index is 11.3. The van der Waals surface area contributed by atoms with Gasteiger partial charge in [0.25, 0.3) is 0 Å². The first-order chi connectivity index (χ1) is 10.9. The number of fused-ring (bicyclic) bond motifs is 5. The Morgan fingerprint density at radius 3 is 2.74 bits per heavy atom. The molecular formula is C21H32O2. The van der Waals surface area contributed by atoms with Crippen LogP contribution >= 0.6 is 0 Å². The number of ether oxygens (including phenoxy) is 1. The number of carbonyl (C=O) groups is 1. The maximum Gasteiger partial charge on any atom is 0.302 e. The second-order valence-corrected chi connectivity index (χ2v) is 9.32. The number of hydrogen-bond acceptors (Lipinski definition) is 2. The largest absolute Gasteiger partial charge is 0.462 e. The van der Waals surface area contributed by atoms with Gasteiger partial charge in [-0.1, -0.05) is 31.9 Å². The molecule has 4 aliphatic rings. The molecule has 0 saturated heterocycles. The molecule has 0 aliphatic heterocycles. The van der Waals surface area contributed by atoms with Crippen molar-refractivity contribution in [3.8, 4) is 0 Å². The monoisotopic (exact) mass is 316 g/mol. The fraction of sp³-hybridized carbons (Fsp3) is 0.857. The van der Waals surface area contributed by atoms with Gasteiger partial charge < -0.3 is 4.74 Å². The van der Waals surface area contributed by atoms with E-state index in [1.54, 1.807) is 12.5 Å². The zero-order valence-corrected chi connectivity index (χ0v) is 15.1. The zero-order valence-electron chi connectivity index (χ0n) is 15.1. The van der Waals surface area contributed by atoms with E-state index in [1.807, 2.05) is 0 Å². The van der Waals surface area contributed by atoms with Crippen molar-refractivity contribution < 1.29 is 9.53 Å². The summed E-state index contributed by atoms with van der Waals surface area (Å²) in [6.45, 7) is 6.64. The van der Waals surface area contributed by atoms with E-state index in [2.05, 4.69) is 19.9 Å². The Bertz CT molecular complexity index is 536. The number of rotatable bonds is 1. The molecule has 0 aromatic carbocycles. The molecule has 6 atom stereocenters. The van der Waals surface area contributed by atoms with E-state index in [1.165, 1.54) is 44.9 Å². The van der Waals surface area contributed by atoms with Crippen LogP contribution in [-0.4, -0.2) is 12.1 Å². The molecule has 4 aliphatic carbocycles. The Morgan fingerprint density at radius 2 is 1.96 bits per heavy atom. The molecule has 128 valence electrons. The standard InChI is InChI=1S/C21H32O2/c1-14(22)23-16-8-12-21(3)15(13-16)6-7-17-18-5-4-10-20(18,2)11-9-19(17)21/h6,16-19H,4-5,7-13H2,1-3H3. The van der Waals surface area contributed by atoms with E-state index in [4.69, 9.17) is 4.74 Å². The first-order valence-electron chi connectivity index (χ1n) is 9.79. The Hall–Kier alpha value is -0.790. The number of carbonyl (C=O) groups excluding carboxylic acids is 1. The molecule has 3 saturated carbocycles. The highest BCUT2D eigenvalue weighted by Crippen LogP contribution is 2.64.